The van der Waals surface area contributed by atoms with Crippen molar-refractivity contribution < 1.29 is 23.9 Å². The lowest BCUT2D eigenvalue weighted by Crippen LogP contribution is -2.50. The molecule has 0 unspecified atom stereocenters. The minimum absolute atomic E-state index is 0.0639. The van der Waals surface area contributed by atoms with Gasteiger partial charge in [0.25, 0.3) is 0 Å². The number of unbranched alkanes of at least 4 members (excludes halogenated alkanes) is 1. The first kappa shape index (κ1) is 20.5. The summed E-state index contributed by atoms with van der Waals surface area (Å²) in [4.78, 5) is 34.9. The van der Waals surface area contributed by atoms with Crippen LogP contribution in [0.1, 0.15) is 40.0 Å². The van der Waals surface area contributed by atoms with Crippen molar-refractivity contribution in [2.45, 2.75) is 51.7 Å². The van der Waals surface area contributed by atoms with Gasteiger partial charge in [-0.3, -0.25) is 4.79 Å². The molecule has 0 aliphatic heterocycles. The third kappa shape index (κ3) is 10.3. The normalized spacial score (nSPS) is 12.2. The van der Waals surface area contributed by atoms with E-state index in [2.05, 4.69) is 15.4 Å². The molecule has 0 heterocycles. The molecule has 0 aliphatic rings. The number of ether oxygens (including phenoxy) is 2. The summed E-state index contributed by atoms with van der Waals surface area (Å²) in [6.07, 6.45) is 0.968. The number of hydrogen-bond acceptors (Lipinski definition) is 5. The molecular weight excluding hydrogens is 312 g/mol. The molecule has 128 valence electrons. The van der Waals surface area contributed by atoms with Crippen molar-refractivity contribution >= 4 is 29.6 Å². The van der Waals surface area contributed by atoms with E-state index in [9.17, 15) is 14.4 Å². The van der Waals surface area contributed by atoms with Crippen molar-refractivity contribution in [3.63, 3.8) is 0 Å². The zero-order valence-corrected chi connectivity index (χ0v) is 14.3. The Morgan fingerprint density at radius 3 is 2.32 bits per heavy atom. The number of carbonyl (C=O) groups is 3. The largest absolute Gasteiger partial charge is 0.467 e. The minimum atomic E-state index is -1.00. The second-order valence-electron chi connectivity index (χ2n) is 5.67. The molecule has 8 heteroatoms. The molecule has 0 aromatic heterocycles. The number of alkyl halides is 1. The fraction of sp³-hybridized carbons (Fsp3) is 0.786. The number of methoxy groups -OCH3 is 1. The minimum Gasteiger partial charge on any atom is -0.467 e. The van der Waals surface area contributed by atoms with E-state index in [1.165, 1.54) is 7.11 Å². The van der Waals surface area contributed by atoms with Crippen LogP contribution in [-0.4, -0.2) is 49.1 Å². The van der Waals surface area contributed by atoms with E-state index in [0.29, 0.717) is 18.7 Å². The molecule has 0 saturated carbocycles. The van der Waals surface area contributed by atoms with Gasteiger partial charge >= 0.3 is 12.1 Å². The molecule has 0 spiro atoms. The van der Waals surface area contributed by atoms with Gasteiger partial charge in [0.2, 0.25) is 5.91 Å². The predicted molar refractivity (Wildman–Crippen MR) is 82.8 cm³/mol. The van der Waals surface area contributed by atoms with E-state index in [-0.39, 0.29) is 12.5 Å². The molecule has 0 fully saturated rings. The Morgan fingerprint density at radius 2 is 1.82 bits per heavy atom. The molecular formula is C14H25ClN2O5. The van der Waals surface area contributed by atoms with Gasteiger partial charge in [-0.2, -0.15) is 0 Å². The van der Waals surface area contributed by atoms with Crippen LogP contribution in [0, 0.1) is 0 Å². The van der Waals surface area contributed by atoms with Crippen LogP contribution in [-0.2, 0) is 19.1 Å². The van der Waals surface area contributed by atoms with Crippen LogP contribution < -0.4 is 10.6 Å². The van der Waals surface area contributed by atoms with Gasteiger partial charge in [-0.15, -0.1) is 11.6 Å². The van der Waals surface area contributed by atoms with Gasteiger partial charge in [0.05, 0.1) is 7.11 Å². The lowest BCUT2D eigenvalue weighted by Gasteiger charge is -2.22. The SMILES string of the molecule is COC(=O)[C@H](CNC(=O)CCCCCl)NC(=O)OC(C)(C)C. The Balaban J connectivity index is 4.38. The Morgan fingerprint density at radius 1 is 1.18 bits per heavy atom. The summed E-state index contributed by atoms with van der Waals surface area (Å²) in [5.74, 6) is -0.380. The Labute approximate surface area is 136 Å². The maximum atomic E-state index is 11.7. The molecule has 0 aromatic rings. The topological polar surface area (TPSA) is 93.7 Å². The summed E-state index contributed by atoms with van der Waals surface area (Å²) < 4.78 is 9.66. The van der Waals surface area contributed by atoms with Gasteiger partial charge in [0.1, 0.15) is 11.6 Å². The summed E-state index contributed by atoms with van der Waals surface area (Å²) in [7, 11) is 1.20. The van der Waals surface area contributed by atoms with Gasteiger partial charge in [-0.05, 0) is 33.6 Å². The molecule has 0 aromatic carbocycles. The predicted octanol–water partition coefficient (Wildman–Crippen LogP) is 1.58. The first-order valence-corrected chi connectivity index (χ1v) is 7.63. The van der Waals surface area contributed by atoms with Crippen LogP contribution in [0.2, 0.25) is 0 Å². The van der Waals surface area contributed by atoms with Crippen LogP contribution in [0.5, 0.6) is 0 Å². The highest BCUT2D eigenvalue weighted by molar-refractivity contribution is 6.17. The maximum Gasteiger partial charge on any atom is 0.408 e. The summed E-state index contributed by atoms with van der Waals surface area (Å²) in [5, 5.41) is 4.95. The molecule has 7 nitrogen and oxygen atoms in total. The smallest absolute Gasteiger partial charge is 0.408 e. The molecule has 0 saturated heterocycles. The molecule has 22 heavy (non-hydrogen) atoms. The first-order valence-electron chi connectivity index (χ1n) is 7.09. The Bertz CT molecular complexity index is 382. The number of carbonyl (C=O) groups excluding carboxylic acids is 3. The highest BCUT2D eigenvalue weighted by atomic mass is 35.5. The zero-order chi connectivity index (χ0) is 17.2. The van der Waals surface area contributed by atoms with Crippen molar-refractivity contribution in [2.24, 2.45) is 0 Å². The van der Waals surface area contributed by atoms with Crippen LogP contribution in [0.15, 0.2) is 0 Å². The highest BCUT2D eigenvalue weighted by Crippen LogP contribution is 2.07. The molecule has 0 bridgehead atoms. The van der Waals surface area contributed by atoms with Crippen LogP contribution in [0.3, 0.4) is 0 Å². The molecule has 1 atom stereocenters. The number of halogens is 1. The van der Waals surface area contributed by atoms with Gasteiger partial charge in [0, 0.05) is 18.8 Å². The van der Waals surface area contributed by atoms with E-state index in [4.69, 9.17) is 16.3 Å². The van der Waals surface area contributed by atoms with Gasteiger partial charge in [-0.1, -0.05) is 0 Å². The summed E-state index contributed by atoms with van der Waals surface area (Å²) in [5.41, 5.74) is -0.685. The highest BCUT2D eigenvalue weighted by Gasteiger charge is 2.25. The number of hydrogen-bond donors (Lipinski definition) is 2. The molecule has 0 rings (SSSR count). The van der Waals surface area contributed by atoms with E-state index < -0.39 is 23.7 Å². The average Bonchev–Trinajstić information content (AvgIpc) is 2.40. The number of amides is 2. The lowest BCUT2D eigenvalue weighted by molar-refractivity contribution is -0.143. The lowest BCUT2D eigenvalue weighted by atomic mass is 10.2. The maximum absolute atomic E-state index is 11.7. The fourth-order valence-electron chi connectivity index (χ4n) is 1.47. The van der Waals surface area contributed by atoms with Crippen LogP contribution in [0.25, 0.3) is 0 Å². The monoisotopic (exact) mass is 336 g/mol. The van der Waals surface area contributed by atoms with Crippen molar-refractivity contribution in [2.75, 3.05) is 19.5 Å². The fourth-order valence-corrected chi connectivity index (χ4v) is 1.66. The molecule has 0 radical (unpaired) electrons. The number of rotatable bonds is 8. The summed E-state index contributed by atoms with van der Waals surface area (Å²) in [6, 6.07) is -1.00. The molecule has 2 N–H and O–H groups in total. The van der Waals surface area contributed by atoms with Crippen molar-refractivity contribution in [3.05, 3.63) is 0 Å². The number of nitrogens with one attached hydrogen (secondary N) is 2. The quantitative estimate of drug-likeness (QED) is 0.399. The molecule has 2 amide bonds. The standard InChI is InChI=1S/C14H25ClN2O5/c1-14(2,3)22-13(20)17-10(12(19)21-4)9-16-11(18)7-5-6-8-15/h10H,5-9H2,1-4H3,(H,16,18)(H,17,20)/t10-/m0/s1. The average molecular weight is 337 g/mol. The van der Waals surface area contributed by atoms with Crippen molar-refractivity contribution in [3.8, 4) is 0 Å². The van der Waals surface area contributed by atoms with E-state index in [0.717, 1.165) is 6.42 Å². The van der Waals surface area contributed by atoms with Crippen LogP contribution >= 0.6 is 11.6 Å². The van der Waals surface area contributed by atoms with Gasteiger partial charge in [-0.25, -0.2) is 9.59 Å². The zero-order valence-electron chi connectivity index (χ0n) is 13.5. The van der Waals surface area contributed by atoms with Crippen LogP contribution in [0.4, 0.5) is 4.79 Å². The van der Waals surface area contributed by atoms with Gasteiger partial charge < -0.3 is 20.1 Å². The number of esters is 1. The second kappa shape index (κ2) is 10.3. The van der Waals surface area contributed by atoms with Gasteiger partial charge in [0.15, 0.2) is 0 Å². The number of alkyl carbamates (subject to hydrolysis) is 1. The Hall–Kier alpha value is -1.50. The third-order valence-corrected chi connectivity index (χ3v) is 2.73. The summed E-state index contributed by atoms with van der Waals surface area (Å²) in [6.45, 7) is 5.06. The first-order chi connectivity index (χ1) is 10.2. The van der Waals surface area contributed by atoms with E-state index in [1.807, 2.05) is 0 Å². The third-order valence-electron chi connectivity index (χ3n) is 2.47. The summed E-state index contributed by atoms with van der Waals surface area (Å²) >= 11 is 5.53. The van der Waals surface area contributed by atoms with Crippen molar-refractivity contribution in [1.82, 2.24) is 10.6 Å². The van der Waals surface area contributed by atoms with E-state index in [1.54, 1.807) is 20.8 Å². The van der Waals surface area contributed by atoms with Crippen molar-refractivity contribution in [1.29, 1.82) is 0 Å². The second-order valence-corrected chi connectivity index (χ2v) is 6.05. The Kier molecular flexibility index (Phi) is 9.56. The molecule has 0 aliphatic carbocycles. The van der Waals surface area contributed by atoms with E-state index >= 15 is 0 Å².